The highest BCUT2D eigenvalue weighted by Crippen LogP contribution is 2.07. The fourth-order valence-corrected chi connectivity index (χ4v) is 1.06. The minimum absolute atomic E-state index is 0.341. The number of benzene rings is 1. The maximum atomic E-state index is 11.0. The summed E-state index contributed by atoms with van der Waals surface area (Å²) in [5, 5.41) is 8.66. The van der Waals surface area contributed by atoms with Crippen molar-refractivity contribution in [1.29, 1.82) is 5.26 Å². The molecule has 0 bridgehead atoms. The lowest BCUT2D eigenvalue weighted by atomic mass is 10.2. The normalized spacial score (nSPS) is 11.8. The zero-order chi connectivity index (χ0) is 12.7. The summed E-state index contributed by atoms with van der Waals surface area (Å²) in [6.45, 7) is 0. The largest absolute Gasteiger partial charge is 0.464 e. The first-order valence-corrected chi connectivity index (χ1v) is 4.76. The van der Waals surface area contributed by atoms with Gasteiger partial charge in [-0.15, -0.1) is 0 Å². The molecular formula is C12H11N3O2. The van der Waals surface area contributed by atoms with E-state index in [1.165, 1.54) is 13.3 Å². The number of rotatable bonds is 3. The van der Waals surface area contributed by atoms with Crippen molar-refractivity contribution in [3.8, 4) is 6.07 Å². The van der Waals surface area contributed by atoms with E-state index < -0.39 is 5.97 Å². The second-order valence-electron chi connectivity index (χ2n) is 3.03. The third kappa shape index (κ3) is 3.47. The van der Waals surface area contributed by atoms with Crippen molar-refractivity contribution in [3.63, 3.8) is 0 Å². The molecule has 5 nitrogen and oxygen atoms in total. The molecule has 0 saturated heterocycles. The van der Waals surface area contributed by atoms with Crippen LogP contribution < -0.4 is 5.73 Å². The van der Waals surface area contributed by atoms with Crippen LogP contribution in [0.25, 0.3) is 5.70 Å². The van der Waals surface area contributed by atoms with Gasteiger partial charge in [-0.3, -0.25) is 0 Å². The van der Waals surface area contributed by atoms with Crippen LogP contribution in [0.4, 0.5) is 0 Å². The lowest BCUT2D eigenvalue weighted by Gasteiger charge is -1.98. The van der Waals surface area contributed by atoms with Crippen molar-refractivity contribution in [3.05, 3.63) is 42.1 Å². The summed E-state index contributed by atoms with van der Waals surface area (Å²) in [7, 11) is 1.18. The lowest BCUT2D eigenvalue weighted by Crippen LogP contribution is -2.13. The molecule has 1 aromatic carbocycles. The van der Waals surface area contributed by atoms with E-state index in [1.807, 2.05) is 18.2 Å². The van der Waals surface area contributed by atoms with Gasteiger partial charge in [-0.25, -0.2) is 9.79 Å². The van der Waals surface area contributed by atoms with E-state index in [0.717, 1.165) is 5.56 Å². The Labute approximate surface area is 98.8 Å². The second kappa shape index (κ2) is 6.08. The smallest absolute Gasteiger partial charge is 0.367 e. The van der Waals surface area contributed by atoms with Gasteiger partial charge in [0.25, 0.3) is 0 Å². The molecule has 0 radical (unpaired) electrons. The maximum absolute atomic E-state index is 11.0. The predicted octanol–water partition coefficient (Wildman–Crippen LogP) is 1.08. The number of aliphatic imine (C=N–C) groups is 1. The minimum atomic E-state index is -0.787. The number of methoxy groups -OCH3 is 1. The van der Waals surface area contributed by atoms with Crippen LogP contribution in [0.2, 0.25) is 0 Å². The molecule has 5 heteroatoms. The number of hydrogen-bond donors (Lipinski definition) is 1. The molecule has 0 amide bonds. The Bertz CT molecular complexity index is 498. The maximum Gasteiger partial charge on any atom is 0.367 e. The first-order chi connectivity index (χ1) is 8.19. The second-order valence-corrected chi connectivity index (χ2v) is 3.03. The predicted molar refractivity (Wildman–Crippen MR) is 63.7 cm³/mol. The number of nitrogens with zero attached hydrogens (tertiary/aromatic N) is 2. The van der Waals surface area contributed by atoms with Crippen molar-refractivity contribution >= 4 is 17.4 Å². The molecule has 0 fully saturated rings. The number of nitrogens with two attached hydrogens (primary N) is 1. The number of carbonyl (C=O) groups is 1. The van der Waals surface area contributed by atoms with Crippen molar-refractivity contribution in [2.75, 3.05) is 7.11 Å². The zero-order valence-electron chi connectivity index (χ0n) is 9.25. The van der Waals surface area contributed by atoms with Gasteiger partial charge in [0.2, 0.25) is 5.71 Å². The molecule has 1 rings (SSSR count). The van der Waals surface area contributed by atoms with Crippen LogP contribution in [0.1, 0.15) is 5.56 Å². The van der Waals surface area contributed by atoms with Gasteiger partial charge >= 0.3 is 5.97 Å². The Kier molecular flexibility index (Phi) is 4.45. The third-order valence-electron chi connectivity index (χ3n) is 1.92. The van der Waals surface area contributed by atoms with E-state index in [-0.39, 0.29) is 5.71 Å². The minimum Gasteiger partial charge on any atom is -0.464 e. The SMILES string of the molecule is COC(=O)C(C#N)=N/C=C(\N)c1ccccc1. The Balaban J connectivity index is 2.94. The molecule has 0 unspecified atom stereocenters. The van der Waals surface area contributed by atoms with Gasteiger partial charge in [-0.1, -0.05) is 30.3 Å². The van der Waals surface area contributed by atoms with E-state index >= 15 is 0 Å². The van der Waals surface area contributed by atoms with E-state index in [0.29, 0.717) is 5.70 Å². The van der Waals surface area contributed by atoms with Crippen molar-refractivity contribution in [2.24, 2.45) is 10.7 Å². The van der Waals surface area contributed by atoms with E-state index in [9.17, 15) is 4.79 Å². The van der Waals surface area contributed by atoms with Crippen LogP contribution in [0.5, 0.6) is 0 Å². The number of nitriles is 1. The molecule has 0 atom stereocenters. The standard InChI is InChI=1S/C12H11N3O2/c1-17-12(16)11(7-13)15-8-10(14)9-5-3-2-4-6-9/h2-6,8H,14H2,1H3/b10-8-,15-11?. The molecule has 0 aliphatic carbocycles. The summed E-state index contributed by atoms with van der Waals surface area (Å²) in [6.07, 6.45) is 1.25. The van der Waals surface area contributed by atoms with Crippen molar-refractivity contribution in [2.45, 2.75) is 0 Å². The molecule has 0 saturated carbocycles. The van der Waals surface area contributed by atoms with Gasteiger partial charge in [0, 0.05) is 0 Å². The monoisotopic (exact) mass is 229 g/mol. The van der Waals surface area contributed by atoms with E-state index in [1.54, 1.807) is 18.2 Å². The van der Waals surface area contributed by atoms with Gasteiger partial charge in [-0.05, 0) is 5.56 Å². The third-order valence-corrected chi connectivity index (χ3v) is 1.92. The fraction of sp³-hybridized carbons (Fsp3) is 0.0833. The first kappa shape index (κ1) is 12.5. The van der Waals surface area contributed by atoms with Gasteiger partial charge in [0.15, 0.2) is 0 Å². The summed E-state index contributed by atoms with van der Waals surface area (Å²) >= 11 is 0. The molecule has 0 heterocycles. The van der Waals surface area contributed by atoms with Gasteiger partial charge in [0.05, 0.1) is 19.0 Å². The average molecular weight is 229 g/mol. The highest BCUT2D eigenvalue weighted by molar-refractivity contribution is 6.43. The fourth-order valence-electron chi connectivity index (χ4n) is 1.06. The van der Waals surface area contributed by atoms with Gasteiger partial charge in [0.1, 0.15) is 6.07 Å². The molecule has 1 aromatic rings. The molecule has 86 valence electrons. The van der Waals surface area contributed by atoms with Crippen molar-refractivity contribution < 1.29 is 9.53 Å². The number of hydrogen-bond acceptors (Lipinski definition) is 5. The summed E-state index contributed by atoms with van der Waals surface area (Å²) in [6, 6.07) is 10.7. The Morgan fingerprint density at radius 3 is 2.65 bits per heavy atom. The van der Waals surface area contributed by atoms with Crippen molar-refractivity contribution in [1.82, 2.24) is 0 Å². The van der Waals surface area contributed by atoms with Crippen LogP contribution in [-0.2, 0) is 9.53 Å². The summed E-state index contributed by atoms with van der Waals surface area (Å²) in [4.78, 5) is 14.7. The summed E-state index contributed by atoms with van der Waals surface area (Å²) < 4.78 is 4.38. The summed E-state index contributed by atoms with van der Waals surface area (Å²) in [5.74, 6) is -0.787. The average Bonchev–Trinajstić information content (AvgIpc) is 2.39. The van der Waals surface area contributed by atoms with Crippen LogP contribution in [0, 0.1) is 11.3 Å². The summed E-state index contributed by atoms with van der Waals surface area (Å²) in [5.41, 5.74) is 6.52. The quantitative estimate of drug-likeness (QED) is 0.620. The Morgan fingerprint density at radius 2 is 2.12 bits per heavy atom. The van der Waals surface area contributed by atoms with E-state index in [2.05, 4.69) is 9.73 Å². The first-order valence-electron chi connectivity index (χ1n) is 4.76. The molecule has 0 aliphatic rings. The number of ether oxygens (including phenoxy) is 1. The highest BCUT2D eigenvalue weighted by atomic mass is 16.5. The Hall–Kier alpha value is -2.61. The lowest BCUT2D eigenvalue weighted by molar-refractivity contribution is -0.132. The number of carbonyl (C=O) groups excluding carboxylic acids is 1. The van der Waals surface area contributed by atoms with Crippen LogP contribution in [0.15, 0.2) is 41.5 Å². The zero-order valence-corrected chi connectivity index (χ0v) is 9.25. The molecule has 17 heavy (non-hydrogen) atoms. The number of esters is 1. The van der Waals surface area contributed by atoms with E-state index in [4.69, 9.17) is 11.0 Å². The van der Waals surface area contributed by atoms with Crippen LogP contribution in [-0.4, -0.2) is 18.8 Å². The highest BCUT2D eigenvalue weighted by Gasteiger charge is 2.09. The Morgan fingerprint density at radius 1 is 1.47 bits per heavy atom. The van der Waals surface area contributed by atoms with Gasteiger partial charge < -0.3 is 10.5 Å². The van der Waals surface area contributed by atoms with Crippen LogP contribution in [0.3, 0.4) is 0 Å². The van der Waals surface area contributed by atoms with Gasteiger partial charge in [-0.2, -0.15) is 5.26 Å². The molecule has 0 spiro atoms. The van der Waals surface area contributed by atoms with Crippen LogP contribution >= 0.6 is 0 Å². The topological polar surface area (TPSA) is 88.5 Å². The molecule has 0 aromatic heterocycles. The molecule has 0 aliphatic heterocycles. The molecular weight excluding hydrogens is 218 g/mol. The molecule has 2 N–H and O–H groups in total.